The van der Waals surface area contributed by atoms with Crippen LogP contribution in [0.3, 0.4) is 0 Å². The lowest BCUT2D eigenvalue weighted by Gasteiger charge is -2.21. The molecule has 8 heteroatoms. The van der Waals surface area contributed by atoms with Crippen LogP contribution in [0.1, 0.15) is 52.4 Å². The number of fused-ring (bicyclic) bond motifs is 1. The second kappa shape index (κ2) is 12.6. The minimum atomic E-state index is -1.03. The Kier molecular flexibility index (Phi) is 9.85. The number of esters is 1. The summed E-state index contributed by atoms with van der Waals surface area (Å²) in [5.74, 6) is -1.41. The van der Waals surface area contributed by atoms with Crippen molar-refractivity contribution in [1.82, 2.24) is 0 Å². The van der Waals surface area contributed by atoms with Crippen molar-refractivity contribution < 1.29 is 38.0 Å². The molecule has 1 aromatic carbocycles. The van der Waals surface area contributed by atoms with Crippen molar-refractivity contribution in [3.8, 4) is 5.75 Å². The van der Waals surface area contributed by atoms with Crippen LogP contribution >= 0.6 is 0 Å². The smallest absolute Gasteiger partial charge is 0.306 e. The van der Waals surface area contributed by atoms with Gasteiger partial charge in [-0.3, -0.25) is 4.79 Å². The zero-order valence-corrected chi connectivity index (χ0v) is 19.9. The highest BCUT2D eigenvalue weighted by molar-refractivity contribution is 5.69. The largest absolute Gasteiger partial charge is 0.487 e. The van der Waals surface area contributed by atoms with Crippen LogP contribution in [0.2, 0.25) is 0 Å². The second-order valence-electron chi connectivity index (χ2n) is 9.63. The van der Waals surface area contributed by atoms with E-state index in [1.54, 1.807) is 6.08 Å². The lowest BCUT2D eigenvalue weighted by atomic mass is 9.86. The van der Waals surface area contributed by atoms with Crippen LogP contribution in [0.15, 0.2) is 30.4 Å². The van der Waals surface area contributed by atoms with E-state index in [4.69, 9.17) is 14.2 Å². The van der Waals surface area contributed by atoms with Gasteiger partial charge in [-0.25, -0.2) is 8.78 Å². The number of carbonyl (C=O) groups excluding carboxylic acids is 1. The lowest BCUT2D eigenvalue weighted by molar-refractivity contribution is -0.147. The number of carbonyl (C=O) groups is 1. The number of hydrogen-bond acceptors (Lipinski definition) is 6. The Labute approximate surface area is 199 Å². The molecule has 1 aromatic rings. The third kappa shape index (κ3) is 7.75. The van der Waals surface area contributed by atoms with Gasteiger partial charge in [0.2, 0.25) is 0 Å². The van der Waals surface area contributed by atoms with E-state index in [1.807, 2.05) is 13.8 Å². The quantitative estimate of drug-likeness (QED) is 0.385. The maximum absolute atomic E-state index is 13.7. The third-order valence-corrected chi connectivity index (χ3v) is 6.56. The maximum Gasteiger partial charge on any atom is 0.306 e. The Morgan fingerprint density at radius 2 is 2.09 bits per heavy atom. The fourth-order valence-corrected chi connectivity index (χ4v) is 4.87. The predicted octanol–water partition coefficient (Wildman–Crippen LogP) is 4.17. The standard InChI is InChI=1S/C26H36F2O6/c1-16(2)34-26(31)5-3-4-17-6-9-21-20(23(30)13-24(21)32-14-17)10-8-19(29)15-33-25-12-18(27)7-11-22(25)28/h7-8,10-12,16-17,19-21,23-24,29-30H,3-6,9,13-15H2,1-2H3/t17?,19-,20-,21-,23-,24-/m1/s1. The first-order valence-corrected chi connectivity index (χ1v) is 12.2. The van der Waals surface area contributed by atoms with Crippen LogP contribution < -0.4 is 4.74 Å². The first-order valence-electron chi connectivity index (χ1n) is 12.2. The van der Waals surface area contributed by atoms with E-state index in [0.29, 0.717) is 25.4 Å². The number of aliphatic hydroxyl groups is 2. The fourth-order valence-electron chi connectivity index (χ4n) is 4.87. The molecule has 6 atom stereocenters. The molecule has 190 valence electrons. The van der Waals surface area contributed by atoms with Crippen LogP contribution in [-0.4, -0.2) is 53.8 Å². The van der Waals surface area contributed by atoms with E-state index in [9.17, 15) is 23.8 Å². The molecular formula is C26H36F2O6. The summed E-state index contributed by atoms with van der Waals surface area (Å²) in [6.45, 7) is 4.06. The number of rotatable bonds is 10. The summed E-state index contributed by atoms with van der Waals surface area (Å²) in [6.07, 6.45) is 6.02. The van der Waals surface area contributed by atoms with Crippen molar-refractivity contribution in [3.63, 3.8) is 0 Å². The Hall–Kier alpha value is -2.03. The molecule has 34 heavy (non-hydrogen) atoms. The van der Waals surface area contributed by atoms with Gasteiger partial charge < -0.3 is 24.4 Å². The molecule has 6 nitrogen and oxygen atoms in total. The molecule has 1 saturated carbocycles. The summed E-state index contributed by atoms with van der Waals surface area (Å²) in [5, 5.41) is 20.8. The van der Waals surface area contributed by atoms with Crippen LogP contribution in [0.25, 0.3) is 0 Å². The van der Waals surface area contributed by atoms with Crippen LogP contribution in [-0.2, 0) is 14.3 Å². The van der Waals surface area contributed by atoms with Gasteiger partial charge >= 0.3 is 5.97 Å². The summed E-state index contributed by atoms with van der Waals surface area (Å²) in [4.78, 5) is 11.7. The minimum absolute atomic E-state index is 0.0460. The topological polar surface area (TPSA) is 85.2 Å². The van der Waals surface area contributed by atoms with Crippen molar-refractivity contribution in [2.75, 3.05) is 13.2 Å². The minimum Gasteiger partial charge on any atom is -0.487 e. The molecule has 2 fully saturated rings. The lowest BCUT2D eigenvalue weighted by Crippen LogP contribution is -2.22. The number of ether oxygens (including phenoxy) is 3. The highest BCUT2D eigenvalue weighted by atomic mass is 19.1. The maximum atomic E-state index is 13.7. The number of benzene rings is 1. The normalized spacial score (nSPS) is 28.0. The van der Waals surface area contributed by atoms with E-state index in [-0.39, 0.29) is 42.4 Å². The third-order valence-electron chi connectivity index (χ3n) is 6.56. The van der Waals surface area contributed by atoms with E-state index in [0.717, 1.165) is 43.9 Å². The SMILES string of the molecule is CC(C)OC(=O)CCCC1CC[C@@H]2[C@@H](C=C[C@@H](O)COc3cc(F)ccc3F)[C@H](O)C[C@H]2OC1. The van der Waals surface area contributed by atoms with Crippen molar-refractivity contribution in [2.45, 2.75) is 76.8 Å². The van der Waals surface area contributed by atoms with Crippen molar-refractivity contribution >= 4 is 5.97 Å². The Morgan fingerprint density at radius 3 is 2.85 bits per heavy atom. The number of aliphatic hydroxyl groups excluding tert-OH is 2. The Morgan fingerprint density at radius 1 is 1.29 bits per heavy atom. The van der Waals surface area contributed by atoms with Gasteiger partial charge in [-0.2, -0.15) is 0 Å². The monoisotopic (exact) mass is 482 g/mol. The summed E-state index contributed by atoms with van der Waals surface area (Å²) >= 11 is 0. The van der Waals surface area contributed by atoms with Gasteiger partial charge in [0.15, 0.2) is 11.6 Å². The fraction of sp³-hybridized carbons (Fsp3) is 0.654. The molecule has 0 bridgehead atoms. The van der Waals surface area contributed by atoms with Gasteiger partial charge in [-0.15, -0.1) is 0 Å². The molecule has 2 aliphatic rings. The highest BCUT2D eigenvalue weighted by Gasteiger charge is 2.43. The Bertz CT molecular complexity index is 830. The summed E-state index contributed by atoms with van der Waals surface area (Å²) in [5.41, 5.74) is 0. The summed E-state index contributed by atoms with van der Waals surface area (Å²) in [7, 11) is 0. The molecule has 1 heterocycles. The van der Waals surface area contributed by atoms with Gasteiger partial charge in [-0.05, 0) is 63.5 Å². The van der Waals surface area contributed by atoms with E-state index in [2.05, 4.69) is 0 Å². The Balaban J connectivity index is 1.47. The van der Waals surface area contributed by atoms with Crippen LogP contribution in [0.4, 0.5) is 8.78 Å². The van der Waals surface area contributed by atoms with Gasteiger partial charge in [-0.1, -0.05) is 12.2 Å². The molecule has 0 amide bonds. The van der Waals surface area contributed by atoms with Crippen molar-refractivity contribution in [3.05, 3.63) is 42.0 Å². The van der Waals surface area contributed by atoms with Crippen molar-refractivity contribution in [1.29, 1.82) is 0 Å². The van der Waals surface area contributed by atoms with Gasteiger partial charge in [0.1, 0.15) is 18.5 Å². The summed E-state index contributed by atoms with van der Waals surface area (Å²) < 4.78 is 43.4. The van der Waals surface area contributed by atoms with Crippen molar-refractivity contribution in [2.24, 2.45) is 17.8 Å². The molecule has 1 unspecified atom stereocenters. The van der Waals surface area contributed by atoms with E-state index >= 15 is 0 Å². The molecule has 0 aromatic heterocycles. The molecule has 1 aliphatic heterocycles. The molecule has 1 aliphatic carbocycles. The number of hydrogen-bond donors (Lipinski definition) is 2. The number of halogens is 2. The van der Waals surface area contributed by atoms with Gasteiger partial charge in [0, 0.05) is 31.4 Å². The molecule has 2 N–H and O–H groups in total. The average Bonchev–Trinajstić information content (AvgIpc) is 2.94. The predicted molar refractivity (Wildman–Crippen MR) is 122 cm³/mol. The molecule has 1 saturated heterocycles. The first kappa shape index (κ1) is 26.6. The first-order chi connectivity index (χ1) is 16.2. The molecule has 3 rings (SSSR count). The zero-order valence-electron chi connectivity index (χ0n) is 19.9. The van der Waals surface area contributed by atoms with E-state index < -0.39 is 23.8 Å². The van der Waals surface area contributed by atoms with Gasteiger partial charge in [0.25, 0.3) is 0 Å². The van der Waals surface area contributed by atoms with Gasteiger partial charge in [0.05, 0.1) is 18.3 Å². The molecule has 0 spiro atoms. The average molecular weight is 483 g/mol. The van der Waals surface area contributed by atoms with Crippen LogP contribution in [0.5, 0.6) is 5.75 Å². The zero-order chi connectivity index (χ0) is 24.7. The molecule has 0 radical (unpaired) electrons. The second-order valence-corrected chi connectivity index (χ2v) is 9.63. The summed E-state index contributed by atoms with van der Waals surface area (Å²) in [6, 6.07) is 2.90. The highest BCUT2D eigenvalue weighted by Crippen LogP contribution is 2.42. The van der Waals surface area contributed by atoms with E-state index in [1.165, 1.54) is 6.08 Å². The van der Waals surface area contributed by atoms with Crippen LogP contribution in [0, 0.1) is 29.4 Å². The molecular weight excluding hydrogens is 446 g/mol.